The Kier molecular flexibility index (Phi) is 7.23. The van der Waals surface area contributed by atoms with Crippen molar-refractivity contribution >= 4 is 23.5 Å². The molecule has 0 saturated carbocycles. The second kappa shape index (κ2) is 10.1. The van der Waals surface area contributed by atoms with Gasteiger partial charge in [0, 0.05) is 37.9 Å². The first-order valence-electron chi connectivity index (χ1n) is 10.3. The standard InChI is InChI=1S/C23H27N3O5/c1-4-30-23(29)19-8-9-21(24-15-19)25-10-12-26(13-11-25)22(28)17(3)31-20-7-5-6-18(14-20)16(2)27/h5-9,14-15,17H,4,10-13H2,1-3H3. The summed E-state index contributed by atoms with van der Waals surface area (Å²) in [5, 5.41) is 0. The van der Waals surface area contributed by atoms with Crippen molar-refractivity contribution in [2.24, 2.45) is 0 Å². The number of hydrogen-bond acceptors (Lipinski definition) is 7. The lowest BCUT2D eigenvalue weighted by molar-refractivity contribution is -0.138. The second-order valence-corrected chi connectivity index (χ2v) is 7.28. The van der Waals surface area contributed by atoms with Crippen LogP contribution in [0.25, 0.3) is 0 Å². The Morgan fingerprint density at radius 3 is 2.42 bits per heavy atom. The highest BCUT2D eigenvalue weighted by Crippen LogP contribution is 2.18. The van der Waals surface area contributed by atoms with Gasteiger partial charge in [-0.15, -0.1) is 0 Å². The highest BCUT2D eigenvalue weighted by molar-refractivity contribution is 5.94. The fraction of sp³-hybridized carbons (Fsp3) is 0.391. The summed E-state index contributed by atoms with van der Waals surface area (Å²) < 4.78 is 10.7. The minimum atomic E-state index is -0.657. The number of carbonyl (C=O) groups is 3. The van der Waals surface area contributed by atoms with Crippen molar-refractivity contribution in [3.63, 3.8) is 0 Å². The number of benzene rings is 1. The zero-order chi connectivity index (χ0) is 22.4. The summed E-state index contributed by atoms with van der Waals surface area (Å²) in [6.07, 6.45) is 0.853. The highest BCUT2D eigenvalue weighted by Gasteiger charge is 2.26. The van der Waals surface area contributed by atoms with Crippen molar-refractivity contribution in [2.75, 3.05) is 37.7 Å². The molecule has 1 aromatic heterocycles. The molecule has 8 heteroatoms. The number of pyridine rings is 1. The van der Waals surface area contributed by atoms with Gasteiger partial charge in [0.2, 0.25) is 0 Å². The average Bonchev–Trinajstić information content (AvgIpc) is 2.79. The van der Waals surface area contributed by atoms with Crippen LogP contribution in [0.15, 0.2) is 42.6 Å². The summed E-state index contributed by atoms with van der Waals surface area (Å²) in [6.45, 7) is 7.63. The molecular weight excluding hydrogens is 398 g/mol. The maximum atomic E-state index is 12.8. The van der Waals surface area contributed by atoms with E-state index in [1.165, 1.54) is 13.1 Å². The summed E-state index contributed by atoms with van der Waals surface area (Å²) in [5.41, 5.74) is 0.964. The Hall–Kier alpha value is -3.42. The third-order valence-electron chi connectivity index (χ3n) is 5.08. The maximum absolute atomic E-state index is 12.8. The van der Waals surface area contributed by atoms with Gasteiger partial charge in [0.1, 0.15) is 11.6 Å². The van der Waals surface area contributed by atoms with Crippen LogP contribution < -0.4 is 9.64 Å². The van der Waals surface area contributed by atoms with Crippen molar-refractivity contribution in [1.29, 1.82) is 0 Å². The van der Waals surface area contributed by atoms with E-state index in [9.17, 15) is 14.4 Å². The number of anilines is 1. The Morgan fingerprint density at radius 1 is 1.06 bits per heavy atom. The lowest BCUT2D eigenvalue weighted by atomic mass is 10.1. The molecular formula is C23H27N3O5. The van der Waals surface area contributed by atoms with E-state index in [2.05, 4.69) is 9.88 Å². The third-order valence-corrected chi connectivity index (χ3v) is 5.08. The Labute approximate surface area is 181 Å². The van der Waals surface area contributed by atoms with Crippen LogP contribution in [0.2, 0.25) is 0 Å². The van der Waals surface area contributed by atoms with Gasteiger partial charge in [0.15, 0.2) is 11.9 Å². The van der Waals surface area contributed by atoms with Crippen molar-refractivity contribution in [2.45, 2.75) is 26.9 Å². The van der Waals surface area contributed by atoms with Gasteiger partial charge in [-0.05, 0) is 45.0 Å². The molecule has 0 aliphatic carbocycles. The Balaban J connectivity index is 1.54. The number of carbonyl (C=O) groups excluding carboxylic acids is 3. The van der Waals surface area contributed by atoms with Gasteiger partial charge in [0.05, 0.1) is 12.2 Å². The van der Waals surface area contributed by atoms with Gasteiger partial charge in [-0.1, -0.05) is 12.1 Å². The van der Waals surface area contributed by atoms with Crippen LogP contribution in [0.4, 0.5) is 5.82 Å². The molecule has 164 valence electrons. The van der Waals surface area contributed by atoms with Gasteiger partial charge >= 0.3 is 5.97 Å². The molecule has 3 rings (SSSR count). The number of esters is 1. The van der Waals surface area contributed by atoms with Crippen molar-refractivity contribution in [3.8, 4) is 5.75 Å². The Morgan fingerprint density at radius 2 is 1.81 bits per heavy atom. The number of ether oxygens (including phenoxy) is 2. The molecule has 0 bridgehead atoms. The first kappa shape index (κ1) is 22.3. The molecule has 8 nitrogen and oxygen atoms in total. The first-order chi connectivity index (χ1) is 14.9. The zero-order valence-corrected chi connectivity index (χ0v) is 18.0. The normalized spacial score (nSPS) is 14.7. The predicted octanol–water partition coefficient (Wildman–Crippen LogP) is 2.58. The summed E-state index contributed by atoms with van der Waals surface area (Å²) in [4.78, 5) is 44.3. The van der Waals surface area contributed by atoms with Crippen molar-refractivity contribution in [3.05, 3.63) is 53.7 Å². The minimum absolute atomic E-state index is 0.0514. The number of amides is 1. The lowest BCUT2D eigenvalue weighted by Crippen LogP contribution is -2.52. The molecule has 2 aromatic rings. The van der Waals surface area contributed by atoms with Crippen LogP contribution in [0, 0.1) is 0 Å². The number of Topliss-reactive ketones (excluding diaryl/α,β-unsaturated/α-hetero) is 1. The van der Waals surface area contributed by atoms with Crippen LogP contribution in [-0.2, 0) is 9.53 Å². The molecule has 0 radical (unpaired) electrons. The van der Waals surface area contributed by atoms with E-state index in [1.807, 2.05) is 0 Å². The van der Waals surface area contributed by atoms with Crippen LogP contribution >= 0.6 is 0 Å². The minimum Gasteiger partial charge on any atom is -0.481 e. The average molecular weight is 425 g/mol. The number of aromatic nitrogens is 1. The Bertz CT molecular complexity index is 936. The molecule has 0 N–H and O–H groups in total. The van der Waals surface area contributed by atoms with E-state index >= 15 is 0 Å². The molecule has 0 spiro atoms. The van der Waals surface area contributed by atoms with Crippen LogP contribution in [0.5, 0.6) is 5.75 Å². The molecule has 1 unspecified atom stereocenters. The topological polar surface area (TPSA) is 89.0 Å². The maximum Gasteiger partial charge on any atom is 0.339 e. The fourth-order valence-corrected chi connectivity index (χ4v) is 3.36. The molecule has 1 aliphatic heterocycles. The van der Waals surface area contributed by atoms with E-state index in [-0.39, 0.29) is 17.7 Å². The van der Waals surface area contributed by atoms with Crippen LogP contribution in [0.1, 0.15) is 41.5 Å². The summed E-state index contributed by atoms with van der Waals surface area (Å²) in [6, 6.07) is 10.3. The lowest BCUT2D eigenvalue weighted by Gasteiger charge is -2.36. The SMILES string of the molecule is CCOC(=O)c1ccc(N2CCN(C(=O)C(C)Oc3cccc(C(C)=O)c3)CC2)nc1. The molecule has 1 amide bonds. The van der Waals surface area contributed by atoms with E-state index < -0.39 is 6.10 Å². The smallest absolute Gasteiger partial charge is 0.339 e. The summed E-state index contributed by atoms with van der Waals surface area (Å²) in [7, 11) is 0. The molecule has 1 saturated heterocycles. The molecule has 1 fully saturated rings. The zero-order valence-electron chi connectivity index (χ0n) is 18.0. The third kappa shape index (κ3) is 5.59. The van der Waals surface area contributed by atoms with Gasteiger partial charge < -0.3 is 19.3 Å². The van der Waals surface area contributed by atoms with Gasteiger partial charge in [0.25, 0.3) is 5.91 Å². The van der Waals surface area contributed by atoms with E-state index in [4.69, 9.17) is 9.47 Å². The molecule has 1 atom stereocenters. The molecule has 1 aliphatic rings. The first-order valence-corrected chi connectivity index (χ1v) is 10.3. The summed E-state index contributed by atoms with van der Waals surface area (Å²) >= 11 is 0. The van der Waals surface area contributed by atoms with Gasteiger partial charge in [-0.25, -0.2) is 9.78 Å². The number of hydrogen-bond donors (Lipinski definition) is 0. The predicted molar refractivity (Wildman–Crippen MR) is 116 cm³/mol. The molecule has 31 heavy (non-hydrogen) atoms. The largest absolute Gasteiger partial charge is 0.481 e. The monoisotopic (exact) mass is 425 g/mol. The molecule has 1 aromatic carbocycles. The van der Waals surface area contributed by atoms with E-state index in [0.717, 1.165) is 5.82 Å². The van der Waals surface area contributed by atoms with Crippen molar-refractivity contribution < 1.29 is 23.9 Å². The fourth-order valence-electron chi connectivity index (χ4n) is 3.36. The van der Waals surface area contributed by atoms with Crippen LogP contribution in [0.3, 0.4) is 0 Å². The summed E-state index contributed by atoms with van der Waals surface area (Å²) in [5.74, 6) is 0.714. The van der Waals surface area contributed by atoms with E-state index in [1.54, 1.807) is 55.1 Å². The van der Waals surface area contributed by atoms with Gasteiger partial charge in [-0.3, -0.25) is 9.59 Å². The highest BCUT2D eigenvalue weighted by atomic mass is 16.5. The number of piperazine rings is 1. The number of nitrogens with zero attached hydrogens (tertiary/aromatic N) is 3. The second-order valence-electron chi connectivity index (χ2n) is 7.28. The van der Waals surface area contributed by atoms with Crippen molar-refractivity contribution in [1.82, 2.24) is 9.88 Å². The van der Waals surface area contributed by atoms with E-state index in [0.29, 0.717) is 49.7 Å². The van der Waals surface area contributed by atoms with Crippen LogP contribution in [-0.4, -0.2) is 66.4 Å². The van der Waals surface area contributed by atoms with Gasteiger partial charge in [-0.2, -0.15) is 0 Å². The quantitative estimate of drug-likeness (QED) is 0.498. The molecule has 2 heterocycles. The number of rotatable bonds is 7. The number of ketones is 1.